The van der Waals surface area contributed by atoms with Crippen molar-refractivity contribution >= 4 is 35.4 Å². The van der Waals surface area contributed by atoms with Gasteiger partial charge in [0.2, 0.25) is 0 Å². The summed E-state index contributed by atoms with van der Waals surface area (Å²) in [6.45, 7) is 0. The second kappa shape index (κ2) is 6.90. The monoisotopic (exact) mass is 443 g/mol. The van der Waals surface area contributed by atoms with Gasteiger partial charge in [-0.3, -0.25) is 9.67 Å². The summed E-state index contributed by atoms with van der Waals surface area (Å²) in [6, 6.07) is 10.6. The van der Waals surface area contributed by atoms with Crippen molar-refractivity contribution in [2.45, 2.75) is 30.9 Å². The van der Waals surface area contributed by atoms with Crippen LogP contribution in [0.1, 0.15) is 36.2 Å². The Balaban J connectivity index is 1.92. The number of benzene rings is 2. The van der Waals surface area contributed by atoms with Crippen molar-refractivity contribution in [3.63, 3.8) is 0 Å². The van der Waals surface area contributed by atoms with E-state index in [0.717, 1.165) is 37.0 Å². The first-order chi connectivity index (χ1) is 13.2. The maximum atomic E-state index is 13.2. The van der Waals surface area contributed by atoms with Crippen LogP contribution in [-0.2, 0) is 11.6 Å². The topological polar surface area (TPSA) is 33.6 Å². The molecule has 2 aromatic carbocycles. The van der Waals surface area contributed by atoms with E-state index >= 15 is 0 Å². The molecule has 1 N–H and O–H groups in total. The molecule has 3 aromatic rings. The van der Waals surface area contributed by atoms with Crippen LogP contribution in [0.3, 0.4) is 0 Å². The van der Waals surface area contributed by atoms with Crippen molar-refractivity contribution in [2.24, 2.45) is 0 Å². The number of nitrogens with zero attached hydrogens (tertiary/aromatic N) is 2. The maximum Gasteiger partial charge on any atom is 0.416 e. The third kappa shape index (κ3) is 3.15. The number of hydrogen-bond donors (Lipinski definition) is 1. The van der Waals surface area contributed by atoms with E-state index < -0.39 is 17.2 Å². The summed E-state index contributed by atoms with van der Waals surface area (Å²) < 4.78 is 41.4. The van der Waals surface area contributed by atoms with Crippen molar-refractivity contribution in [1.29, 1.82) is 0 Å². The van der Waals surface area contributed by atoms with E-state index in [2.05, 4.69) is 10.2 Å². The molecule has 9 heteroatoms. The van der Waals surface area contributed by atoms with Gasteiger partial charge in [0.15, 0.2) is 4.77 Å². The Kier molecular flexibility index (Phi) is 4.80. The highest BCUT2D eigenvalue weighted by atomic mass is 35.5. The molecule has 146 valence electrons. The molecule has 0 bridgehead atoms. The van der Waals surface area contributed by atoms with E-state index in [1.807, 2.05) is 12.1 Å². The summed E-state index contributed by atoms with van der Waals surface area (Å²) in [6.07, 6.45) is -1.93. The summed E-state index contributed by atoms with van der Waals surface area (Å²) >= 11 is 17.6. The summed E-state index contributed by atoms with van der Waals surface area (Å²) in [4.78, 5) is 0. The molecule has 0 unspecified atom stereocenters. The zero-order valence-electron chi connectivity index (χ0n) is 14.4. The Morgan fingerprint density at radius 2 is 1.75 bits per heavy atom. The highest BCUT2D eigenvalue weighted by Gasteiger charge is 2.45. The van der Waals surface area contributed by atoms with Gasteiger partial charge < -0.3 is 0 Å². The van der Waals surface area contributed by atoms with Crippen LogP contribution in [-0.4, -0.2) is 14.8 Å². The molecule has 4 rings (SSSR count). The first-order valence-electron chi connectivity index (χ1n) is 8.53. The molecule has 28 heavy (non-hydrogen) atoms. The number of aromatic amines is 1. The molecule has 1 aliphatic rings. The smallest absolute Gasteiger partial charge is 0.270 e. The van der Waals surface area contributed by atoms with Gasteiger partial charge in [0, 0.05) is 5.02 Å². The van der Waals surface area contributed by atoms with Crippen LogP contribution < -0.4 is 0 Å². The zero-order chi connectivity index (χ0) is 20.1. The lowest BCUT2D eigenvalue weighted by atomic mass is 9.64. The van der Waals surface area contributed by atoms with E-state index in [9.17, 15) is 13.2 Å². The third-order valence-corrected chi connectivity index (χ3v) is 6.06. The Bertz CT molecular complexity index is 1080. The number of H-pyrrole nitrogens is 1. The van der Waals surface area contributed by atoms with Crippen LogP contribution >= 0.6 is 35.4 Å². The number of nitrogens with one attached hydrogen (secondary N) is 1. The summed E-state index contributed by atoms with van der Waals surface area (Å²) in [7, 11) is 0. The molecule has 0 saturated heterocycles. The minimum absolute atomic E-state index is 0.158. The molecule has 0 spiro atoms. The molecular weight excluding hydrogens is 430 g/mol. The summed E-state index contributed by atoms with van der Waals surface area (Å²) in [5.41, 5.74) is -0.113. The second-order valence-corrected chi connectivity index (χ2v) is 8.02. The van der Waals surface area contributed by atoms with Crippen LogP contribution in [0.5, 0.6) is 0 Å². The van der Waals surface area contributed by atoms with Crippen molar-refractivity contribution in [2.75, 3.05) is 0 Å². The molecule has 3 nitrogen and oxygen atoms in total. The predicted molar refractivity (Wildman–Crippen MR) is 105 cm³/mol. The summed E-state index contributed by atoms with van der Waals surface area (Å²) in [5, 5.41) is 7.89. The van der Waals surface area contributed by atoms with Gasteiger partial charge in [-0.05, 0) is 61.0 Å². The van der Waals surface area contributed by atoms with Gasteiger partial charge in [-0.15, -0.1) is 0 Å². The van der Waals surface area contributed by atoms with Gasteiger partial charge in [-0.2, -0.15) is 18.3 Å². The molecule has 1 fully saturated rings. The van der Waals surface area contributed by atoms with Gasteiger partial charge in [-0.1, -0.05) is 41.8 Å². The van der Waals surface area contributed by atoms with Crippen LogP contribution in [0.25, 0.3) is 5.69 Å². The standard InChI is InChI=1S/C19H14Cl2F3N3S/c20-13-5-2-11(3-6-13)18(8-1-9-18)16-25-26-17(28)27(16)15-10-12(19(22,23)24)4-7-14(15)21/h2-7,10H,1,8-9H2,(H,26,28). The highest BCUT2D eigenvalue weighted by molar-refractivity contribution is 7.71. The normalized spacial score (nSPS) is 16.0. The van der Waals surface area contributed by atoms with E-state index in [-0.39, 0.29) is 15.5 Å². The Morgan fingerprint density at radius 3 is 2.32 bits per heavy atom. The van der Waals surface area contributed by atoms with Crippen LogP contribution in [0, 0.1) is 4.77 Å². The number of aromatic nitrogens is 3. The number of alkyl halides is 3. The van der Waals surface area contributed by atoms with Crippen molar-refractivity contribution in [1.82, 2.24) is 14.8 Å². The molecular formula is C19H14Cl2F3N3S. The highest BCUT2D eigenvalue weighted by Crippen LogP contribution is 2.49. The molecule has 0 amide bonds. The summed E-state index contributed by atoms with van der Waals surface area (Å²) in [5.74, 6) is 0.548. The largest absolute Gasteiger partial charge is 0.416 e. The molecule has 0 radical (unpaired) electrons. The van der Waals surface area contributed by atoms with Crippen LogP contribution in [0.15, 0.2) is 42.5 Å². The van der Waals surface area contributed by atoms with Gasteiger partial charge in [0.25, 0.3) is 0 Å². The van der Waals surface area contributed by atoms with Gasteiger partial charge in [-0.25, -0.2) is 0 Å². The van der Waals surface area contributed by atoms with Crippen LogP contribution in [0.2, 0.25) is 10.0 Å². The lowest BCUT2D eigenvalue weighted by Gasteiger charge is -2.41. The van der Waals surface area contributed by atoms with Crippen LogP contribution in [0.4, 0.5) is 13.2 Å². The molecule has 0 atom stereocenters. The fraction of sp³-hybridized carbons (Fsp3) is 0.263. The van der Waals surface area contributed by atoms with Gasteiger partial charge >= 0.3 is 6.18 Å². The van der Waals surface area contributed by atoms with Crippen molar-refractivity contribution < 1.29 is 13.2 Å². The second-order valence-electron chi connectivity index (χ2n) is 6.79. The Morgan fingerprint density at radius 1 is 1.07 bits per heavy atom. The average Bonchev–Trinajstić information content (AvgIpc) is 2.97. The van der Waals surface area contributed by atoms with Crippen molar-refractivity contribution in [3.05, 3.63) is 74.2 Å². The van der Waals surface area contributed by atoms with Crippen molar-refractivity contribution in [3.8, 4) is 5.69 Å². The molecule has 1 saturated carbocycles. The fourth-order valence-electron chi connectivity index (χ4n) is 3.64. The zero-order valence-corrected chi connectivity index (χ0v) is 16.7. The molecule has 1 aliphatic carbocycles. The minimum atomic E-state index is -4.49. The van der Waals surface area contributed by atoms with E-state index in [0.29, 0.717) is 10.8 Å². The minimum Gasteiger partial charge on any atom is -0.270 e. The third-order valence-electron chi connectivity index (χ3n) is 5.22. The first-order valence-corrected chi connectivity index (χ1v) is 9.70. The van der Waals surface area contributed by atoms with E-state index in [4.69, 9.17) is 35.4 Å². The lowest BCUT2D eigenvalue weighted by Crippen LogP contribution is -2.38. The lowest BCUT2D eigenvalue weighted by molar-refractivity contribution is -0.137. The fourth-order valence-corrected chi connectivity index (χ4v) is 4.20. The Hall–Kier alpha value is -1.83. The maximum absolute atomic E-state index is 13.2. The first kappa shape index (κ1) is 19.5. The Labute approximate surface area is 174 Å². The van der Waals surface area contributed by atoms with Gasteiger partial charge in [0.1, 0.15) is 5.82 Å². The molecule has 1 heterocycles. The quantitative estimate of drug-likeness (QED) is 0.455. The number of halogens is 5. The SMILES string of the molecule is FC(F)(F)c1ccc(Cl)c(-n2c(C3(c4ccc(Cl)cc4)CCC3)n[nH]c2=S)c1. The number of hydrogen-bond acceptors (Lipinski definition) is 2. The van der Waals surface area contributed by atoms with Gasteiger partial charge in [0.05, 0.1) is 21.7 Å². The molecule has 1 aromatic heterocycles. The number of rotatable bonds is 3. The average molecular weight is 444 g/mol. The molecule has 0 aliphatic heterocycles. The van der Waals surface area contributed by atoms with E-state index in [1.165, 1.54) is 10.6 Å². The predicted octanol–water partition coefficient (Wildman–Crippen LogP) is 6.73. The van der Waals surface area contributed by atoms with E-state index in [1.54, 1.807) is 12.1 Å².